The molecule has 2 aromatic carbocycles. The standard InChI is InChI=1S/C20H21N/c1-20(2,3)14-15-9-10-17-11-12-18(21-19(17)13-15)16-7-5-4-6-8-16/h4-13H,14H2,1-3H3. The van der Waals surface area contributed by atoms with Crippen LogP contribution in [0.15, 0.2) is 60.7 Å². The van der Waals surface area contributed by atoms with Gasteiger partial charge in [0.1, 0.15) is 0 Å². The van der Waals surface area contributed by atoms with Crippen molar-refractivity contribution in [2.24, 2.45) is 5.41 Å². The Morgan fingerprint density at radius 1 is 0.857 bits per heavy atom. The quantitative estimate of drug-likeness (QED) is 0.602. The number of hydrogen-bond donors (Lipinski definition) is 0. The van der Waals surface area contributed by atoms with Crippen molar-refractivity contribution >= 4 is 10.9 Å². The molecular weight excluding hydrogens is 254 g/mol. The second kappa shape index (κ2) is 5.33. The van der Waals surface area contributed by atoms with Crippen molar-refractivity contribution in [2.75, 3.05) is 0 Å². The lowest BCUT2D eigenvalue weighted by Gasteiger charge is -2.18. The van der Waals surface area contributed by atoms with Crippen LogP contribution in [0.25, 0.3) is 22.2 Å². The Morgan fingerprint density at radius 3 is 2.29 bits per heavy atom. The number of benzene rings is 2. The van der Waals surface area contributed by atoms with Crippen LogP contribution < -0.4 is 0 Å². The van der Waals surface area contributed by atoms with Crippen LogP contribution in [0, 0.1) is 5.41 Å². The summed E-state index contributed by atoms with van der Waals surface area (Å²) >= 11 is 0. The largest absolute Gasteiger partial charge is 0.248 e. The van der Waals surface area contributed by atoms with Gasteiger partial charge in [0.2, 0.25) is 0 Å². The Kier molecular flexibility index (Phi) is 3.50. The molecule has 106 valence electrons. The lowest BCUT2D eigenvalue weighted by Crippen LogP contribution is -2.08. The second-order valence-corrected chi connectivity index (χ2v) is 6.83. The molecule has 0 N–H and O–H groups in total. The van der Waals surface area contributed by atoms with E-state index in [1.165, 1.54) is 16.5 Å². The second-order valence-electron chi connectivity index (χ2n) is 6.83. The molecule has 0 saturated carbocycles. The summed E-state index contributed by atoms with van der Waals surface area (Å²) in [5, 5.41) is 1.20. The van der Waals surface area contributed by atoms with E-state index in [0.717, 1.165) is 17.6 Å². The highest BCUT2D eigenvalue weighted by atomic mass is 14.7. The number of pyridine rings is 1. The van der Waals surface area contributed by atoms with Crippen molar-refractivity contribution in [3.63, 3.8) is 0 Å². The predicted molar refractivity (Wildman–Crippen MR) is 90.3 cm³/mol. The fourth-order valence-electron chi connectivity index (χ4n) is 2.65. The van der Waals surface area contributed by atoms with Crippen molar-refractivity contribution in [1.29, 1.82) is 0 Å². The molecule has 0 aliphatic rings. The molecule has 3 rings (SSSR count). The van der Waals surface area contributed by atoms with Crippen LogP contribution >= 0.6 is 0 Å². The smallest absolute Gasteiger partial charge is 0.0712 e. The van der Waals surface area contributed by atoms with E-state index >= 15 is 0 Å². The van der Waals surface area contributed by atoms with Crippen LogP contribution in [-0.4, -0.2) is 4.98 Å². The number of rotatable bonds is 2. The highest BCUT2D eigenvalue weighted by Gasteiger charge is 2.11. The van der Waals surface area contributed by atoms with Gasteiger partial charge < -0.3 is 0 Å². The van der Waals surface area contributed by atoms with E-state index in [9.17, 15) is 0 Å². The summed E-state index contributed by atoms with van der Waals surface area (Å²) < 4.78 is 0. The normalized spacial score (nSPS) is 11.8. The maximum atomic E-state index is 4.84. The average molecular weight is 275 g/mol. The first-order valence-corrected chi connectivity index (χ1v) is 7.46. The van der Waals surface area contributed by atoms with Gasteiger partial charge in [0.15, 0.2) is 0 Å². The van der Waals surface area contributed by atoms with Crippen LogP contribution in [0.5, 0.6) is 0 Å². The molecule has 1 heterocycles. The Morgan fingerprint density at radius 2 is 1.57 bits per heavy atom. The Hall–Kier alpha value is -2.15. The Bertz CT molecular complexity index is 752. The van der Waals surface area contributed by atoms with Crippen LogP contribution in [0.3, 0.4) is 0 Å². The number of aromatic nitrogens is 1. The number of hydrogen-bond acceptors (Lipinski definition) is 1. The Labute approximate surface area is 126 Å². The number of fused-ring (bicyclic) bond motifs is 1. The zero-order valence-corrected chi connectivity index (χ0v) is 12.9. The molecule has 0 bridgehead atoms. The van der Waals surface area contributed by atoms with Gasteiger partial charge in [0.25, 0.3) is 0 Å². The maximum Gasteiger partial charge on any atom is 0.0712 e. The van der Waals surface area contributed by atoms with Crippen LogP contribution in [-0.2, 0) is 6.42 Å². The summed E-state index contributed by atoms with van der Waals surface area (Å²) in [6.45, 7) is 6.81. The predicted octanol–water partition coefficient (Wildman–Crippen LogP) is 5.49. The molecule has 0 unspecified atom stereocenters. The summed E-state index contributed by atoms with van der Waals surface area (Å²) in [7, 11) is 0. The van der Waals surface area contributed by atoms with Gasteiger partial charge in [-0.05, 0) is 29.5 Å². The van der Waals surface area contributed by atoms with Gasteiger partial charge in [-0.3, -0.25) is 0 Å². The summed E-state index contributed by atoms with van der Waals surface area (Å²) in [6.07, 6.45) is 1.07. The van der Waals surface area contributed by atoms with E-state index in [4.69, 9.17) is 4.98 Å². The zero-order valence-electron chi connectivity index (χ0n) is 12.9. The van der Waals surface area contributed by atoms with Gasteiger partial charge in [-0.1, -0.05) is 69.3 Å². The first-order chi connectivity index (χ1) is 10.0. The third kappa shape index (κ3) is 3.30. The highest BCUT2D eigenvalue weighted by Crippen LogP contribution is 2.25. The molecule has 1 nitrogen and oxygen atoms in total. The molecule has 1 heteroatoms. The molecular formula is C20H21N. The van der Waals surface area contributed by atoms with Gasteiger partial charge in [-0.15, -0.1) is 0 Å². The molecule has 0 saturated heterocycles. The lowest BCUT2D eigenvalue weighted by molar-refractivity contribution is 0.411. The summed E-state index contributed by atoms with van der Waals surface area (Å²) in [5.74, 6) is 0. The molecule has 0 aliphatic carbocycles. The molecule has 0 radical (unpaired) electrons. The van der Waals surface area contributed by atoms with Crippen molar-refractivity contribution in [3.8, 4) is 11.3 Å². The molecule has 0 amide bonds. The lowest BCUT2D eigenvalue weighted by atomic mass is 9.88. The van der Waals surface area contributed by atoms with Gasteiger partial charge in [-0.25, -0.2) is 4.98 Å². The van der Waals surface area contributed by atoms with Gasteiger partial charge in [0, 0.05) is 10.9 Å². The van der Waals surface area contributed by atoms with E-state index in [2.05, 4.69) is 75.4 Å². The van der Waals surface area contributed by atoms with Crippen molar-refractivity contribution in [1.82, 2.24) is 4.98 Å². The van der Waals surface area contributed by atoms with E-state index in [1.807, 2.05) is 6.07 Å². The third-order valence-corrected chi connectivity index (χ3v) is 3.56. The van der Waals surface area contributed by atoms with E-state index in [1.54, 1.807) is 0 Å². The van der Waals surface area contributed by atoms with Crippen molar-refractivity contribution in [2.45, 2.75) is 27.2 Å². The monoisotopic (exact) mass is 275 g/mol. The van der Waals surface area contributed by atoms with Crippen molar-refractivity contribution < 1.29 is 0 Å². The third-order valence-electron chi connectivity index (χ3n) is 3.56. The first-order valence-electron chi connectivity index (χ1n) is 7.46. The average Bonchev–Trinajstić information content (AvgIpc) is 2.46. The van der Waals surface area contributed by atoms with Gasteiger partial charge >= 0.3 is 0 Å². The Balaban J connectivity index is 2.03. The highest BCUT2D eigenvalue weighted by molar-refractivity contribution is 5.82. The summed E-state index contributed by atoms with van der Waals surface area (Å²) in [5.41, 5.74) is 4.94. The molecule has 0 atom stereocenters. The van der Waals surface area contributed by atoms with Gasteiger partial charge in [-0.2, -0.15) is 0 Å². The fraction of sp³-hybridized carbons (Fsp3) is 0.250. The molecule has 0 aliphatic heterocycles. The topological polar surface area (TPSA) is 12.9 Å². The molecule has 0 spiro atoms. The summed E-state index contributed by atoms with van der Waals surface area (Å²) in [4.78, 5) is 4.84. The van der Waals surface area contributed by atoms with Crippen LogP contribution in [0.1, 0.15) is 26.3 Å². The SMILES string of the molecule is CC(C)(C)Cc1ccc2ccc(-c3ccccc3)nc2c1. The van der Waals surface area contributed by atoms with E-state index in [0.29, 0.717) is 5.41 Å². The van der Waals surface area contributed by atoms with Crippen molar-refractivity contribution in [3.05, 3.63) is 66.2 Å². The van der Waals surface area contributed by atoms with E-state index < -0.39 is 0 Å². The van der Waals surface area contributed by atoms with Crippen LogP contribution in [0.2, 0.25) is 0 Å². The molecule has 21 heavy (non-hydrogen) atoms. The summed E-state index contributed by atoms with van der Waals surface area (Å²) in [6, 6.07) is 21.2. The minimum atomic E-state index is 0.296. The maximum absolute atomic E-state index is 4.84. The first kappa shape index (κ1) is 13.8. The molecule has 0 fully saturated rings. The molecule has 1 aromatic heterocycles. The van der Waals surface area contributed by atoms with E-state index in [-0.39, 0.29) is 0 Å². The van der Waals surface area contributed by atoms with Crippen LogP contribution in [0.4, 0.5) is 0 Å². The van der Waals surface area contributed by atoms with Gasteiger partial charge in [0.05, 0.1) is 11.2 Å². The fourth-order valence-corrected chi connectivity index (χ4v) is 2.65. The zero-order chi connectivity index (χ0) is 14.9. The minimum Gasteiger partial charge on any atom is -0.248 e. The number of nitrogens with zero attached hydrogens (tertiary/aromatic N) is 1. The minimum absolute atomic E-state index is 0.296. The molecule has 3 aromatic rings.